The number of phenolic OH excluding ortho intramolecular Hbond substituents is 1. The highest BCUT2D eigenvalue weighted by molar-refractivity contribution is 7.99. The third-order valence-electron chi connectivity index (χ3n) is 3.47. The summed E-state index contributed by atoms with van der Waals surface area (Å²) >= 11 is 1.92. The molecule has 1 unspecified atom stereocenters. The first kappa shape index (κ1) is 14.2. The molecule has 1 aromatic carbocycles. The molecule has 5 heteroatoms. The molecule has 0 radical (unpaired) electrons. The molecule has 1 heterocycles. The van der Waals surface area contributed by atoms with Crippen LogP contribution in [0, 0.1) is 6.92 Å². The van der Waals surface area contributed by atoms with Crippen molar-refractivity contribution >= 4 is 23.4 Å². The number of nitrogens with zero attached hydrogens (tertiary/aromatic N) is 1. The molecule has 0 aromatic heterocycles. The molecule has 0 spiro atoms. The Balaban J connectivity index is 2.04. The highest BCUT2D eigenvalue weighted by Crippen LogP contribution is 2.26. The van der Waals surface area contributed by atoms with E-state index in [4.69, 9.17) is 0 Å². The molecule has 2 rings (SSSR count). The molecule has 1 atom stereocenters. The lowest BCUT2D eigenvalue weighted by atomic mass is 10.1. The largest absolute Gasteiger partial charge is 0.506 e. The molecule has 0 aliphatic carbocycles. The number of para-hydroxylation sites is 1. The van der Waals surface area contributed by atoms with Crippen LogP contribution in [0.2, 0.25) is 0 Å². The van der Waals surface area contributed by atoms with Crippen molar-refractivity contribution < 1.29 is 9.90 Å². The van der Waals surface area contributed by atoms with E-state index >= 15 is 0 Å². The first-order valence-electron chi connectivity index (χ1n) is 6.51. The van der Waals surface area contributed by atoms with Gasteiger partial charge in [-0.25, -0.2) is 0 Å². The molecule has 1 aliphatic rings. The summed E-state index contributed by atoms with van der Waals surface area (Å²) in [5, 5.41) is 12.6. The molecule has 2 N–H and O–H groups in total. The molecular weight excluding hydrogens is 260 g/mol. The highest BCUT2D eigenvalue weighted by atomic mass is 32.2. The van der Waals surface area contributed by atoms with Gasteiger partial charge in [0.2, 0.25) is 5.91 Å². The van der Waals surface area contributed by atoms with Crippen LogP contribution in [0.15, 0.2) is 18.2 Å². The Morgan fingerprint density at radius 1 is 1.42 bits per heavy atom. The molecule has 0 saturated carbocycles. The van der Waals surface area contributed by atoms with E-state index in [1.54, 1.807) is 12.1 Å². The maximum absolute atomic E-state index is 12.2. The number of nitrogens with one attached hydrogen (secondary N) is 1. The molecule has 4 nitrogen and oxygen atoms in total. The quantitative estimate of drug-likeness (QED) is 0.832. The number of aryl methyl sites for hydroxylation is 1. The van der Waals surface area contributed by atoms with Gasteiger partial charge in [-0.2, -0.15) is 11.8 Å². The van der Waals surface area contributed by atoms with Crippen molar-refractivity contribution in [2.24, 2.45) is 0 Å². The minimum absolute atomic E-state index is 0.0588. The van der Waals surface area contributed by atoms with E-state index in [1.807, 2.05) is 31.7 Å². The predicted octanol–water partition coefficient (Wildman–Crippen LogP) is 2.08. The van der Waals surface area contributed by atoms with Crippen molar-refractivity contribution in [2.75, 3.05) is 29.9 Å². The van der Waals surface area contributed by atoms with Gasteiger partial charge in [-0.15, -0.1) is 0 Å². The van der Waals surface area contributed by atoms with E-state index in [9.17, 15) is 9.90 Å². The lowest BCUT2D eigenvalue weighted by Gasteiger charge is -2.31. The van der Waals surface area contributed by atoms with Crippen molar-refractivity contribution in [1.82, 2.24) is 4.90 Å². The van der Waals surface area contributed by atoms with Gasteiger partial charge in [0.05, 0.1) is 11.7 Å². The van der Waals surface area contributed by atoms with Gasteiger partial charge in [0.1, 0.15) is 5.75 Å². The van der Waals surface area contributed by atoms with Gasteiger partial charge in [-0.3, -0.25) is 9.69 Å². The average molecular weight is 280 g/mol. The Morgan fingerprint density at radius 2 is 2.11 bits per heavy atom. The minimum atomic E-state index is -0.167. The summed E-state index contributed by atoms with van der Waals surface area (Å²) in [4.78, 5) is 14.4. The summed E-state index contributed by atoms with van der Waals surface area (Å²) in [6.07, 6.45) is 0. The van der Waals surface area contributed by atoms with E-state index in [2.05, 4.69) is 10.2 Å². The number of thioether (sulfide) groups is 1. The molecule has 0 bridgehead atoms. The number of hydrogen-bond acceptors (Lipinski definition) is 4. The zero-order valence-electron chi connectivity index (χ0n) is 11.3. The minimum Gasteiger partial charge on any atom is -0.506 e. The third-order valence-corrected chi connectivity index (χ3v) is 4.41. The molecule has 19 heavy (non-hydrogen) atoms. The van der Waals surface area contributed by atoms with Crippen molar-refractivity contribution in [2.45, 2.75) is 19.9 Å². The molecule has 1 aromatic rings. The smallest absolute Gasteiger partial charge is 0.241 e. The van der Waals surface area contributed by atoms with Gasteiger partial charge in [0, 0.05) is 24.6 Å². The topological polar surface area (TPSA) is 52.6 Å². The van der Waals surface area contributed by atoms with Crippen molar-refractivity contribution in [3.63, 3.8) is 0 Å². The Bertz CT molecular complexity index is 439. The second-order valence-electron chi connectivity index (χ2n) is 4.78. The van der Waals surface area contributed by atoms with Gasteiger partial charge >= 0.3 is 0 Å². The van der Waals surface area contributed by atoms with Gasteiger partial charge in [0.25, 0.3) is 0 Å². The Hall–Kier alpha value is -1.20. The van der Waals surface area contributed by atoms with E-state index < -0.39 is 0 Å². The summed E-state index contributed by atoms with van der Waals surface area (Å²) in [6, 6.07) is 5.06. The van der Waals surface area contributed by atoms with E-state index in [0.717, 1.165) is 30.2 Å². The molecule has 1 fully saturated rings. The fraction of sp³-hybridized carbons (Fsp3) is 0.500. The maximum atomic E-state index is 12.2. The lowest BCUT2D eigenvalue weighted by Crippen LogP contribution is -2.46. The number of carbonyl (C=O) groups is 1. The Kier molecular flexibility index (Phi) is 4.71. The fourth-order valence-electron chi connectivity index (χ4n) is 2.17. The number of anilines is 1. The van der Waals surface area contributed by atoms with Crippen LogP contribution in [-0.2, 0) is 4.79 Å². The zero-order valence-corrected chi connectivity index (χ0v) is 12.2. The number of carbonyl (C=O) groups excluding carboxylic acids is 1. The first-order valence-corrected chi connectivity index (χ1v) is 7.66. The summed E-state index contributed by atoms with van der Waals surface area (Å²) in [5.41, 5.74) is 1.39. The van der Waals surface area contributed by atoms with E-state index in [1.165, 1.54) is 0 Å². The van der Waals surface area contributed by atoms with Crippen LogP contribution in [0.4, 0.5) is 5.69 Å². The maximum Gasteiger partial charge on any atom is 0.241 e. The molecule has 1 aliphatic heterocycles. The number of rotatable bonds is 3. The number of amides is 1. The Labute approximate surface area is 118 Å². The highest BCUT2D eigenvalue weighted by Gasteiger charge is 2.23. The van der Waals surface area contributed by atoms with Crippen LogP contribution in [0.3, 0.4) is 0 Å². The number of aromatic hydroxyl groups is 1. The van der Waals surface area contributed by atoms with E-state index in [0.29, 0.717) is 5.69 Å². The normalized spacial score (nSPS) is 18.0. The summed E-state index contributed by atoms with van der Waals surface area (Å²) < 4.78 is 0. The summed E-state index contributed by atoms with van der Waals surface area (Å²) in [5.74, 6) is 2.21. The number of benzene rings is 1. The van der Waals surface area contributed by atoms with Gasteiger partial charge in [-0.1, -0.05) is 12.1 Å². The summed E-state index contributed by atoms with van der Waals surface area (Å²) in [7, 11) is 0. The third kappa shape index (κ3) is 3.42. The van der Waals surface area contributed by atoms with Crippen LogP contribution < -0.4 is 5.32 Å². The first-order chi connectivity index (χ1) is 9.09. The predicted molar refractivity (Wildman–Crippen MR) is 79.8 cm³/mol. The van der Waals surface area contributed by atoms with Crippen molar-refractivity contribution in [3.05, 3.63) is 23.8 Å². The number of phenols is 1. The van der Waals surface area contributed by atoms with E-state index in [-0.39, 0.29) is 17.7 Å². The van der Waals surface area contributed by atoms with Crippen LogP contribution in [0.5, 0.6) is 5.75 Å². The monoisotopic (exact) mass is 280 g/mol. The van der Waals surface area contributed by atoms with Gasteiger partial charge in [-0.05, 0) is 25.5 Å². The van der Waals surface area contributed by atoms with Crippen LogP contribution in [-0.4, -0.2) is 46.6 Å². The van der Waals surface area contributed by atoms with Gasteiger partial charge < -0.3 is 10.4 Å². The van der Waals surface area contributed by atoms with Crippen molar-refractivity contribution in [1.29, 1.82) is 0 Å². The standard InChI is InChI=1S/C14H20N2O2S/c1-10-4-3-5-12(17)13(10)15-14(18)11(2)16-6-8-19-9-7-16/h3-5,11,17H,6-9H2,1-2H3,(H,15,18). The molecular formula is C14H20N2O2S. The number of hydrogen-bond donors (Lipinski definition) is 2. The molecule has 1 saturated heterocycles. The zero-order chi connectivity index (χ0) is 13.8. The summed E-state index contributed by atoms with van der Waals surface area (Å²) in [6.45, 7) is 5.68. The van der Waals surface area contributed by atoms with Crippen LogP contribution in [0.25, 0.3) is 0 Å². The molecule has 104 valence electrons. The van der Waals surface area contributed by atoms with Crippen LogP contribution in [0.1, 0.15) is 12.5 Å². The fourth-order valence-corrected chi connectivity index (χ4v) is 3.10. The second-order valence-corrected chi connectivity index (χ2v) is 6.01. The average Bonchev–Trinajstić information content (AvgIpc) is 2.43. The SMILES string of the molecule is Cc1cccc(O)c1NC(=O)C(C)N1CCSCC1. The molecule has 1 amide bonds. The Morgan fingerprint density at radius 3 is 2.74 bits per heavy atom. The lowest BCUT2D eigenvalue weighted by molar-refractivity contribution is -0.120. The van der Waals surface area contributed by atoms with Gasteiger partial charge in [0.15, 0.2) is 0 Å². The second kappa shape index (κ2) is 6.30. The van der Waals surface area contributed by atoms with Crippen molar-refractivity contribution in [3.8, 4) is 5.75 Å². The van der Waals surface area contributed by atoms with Crippen LogP contribution >= 0.6 is 11.8 Å².